The molecular formula is C25H29F3N4O4. The van der Waals surface area contributed by atoms with Crippen LogP contribution in [0.4, 0.5) is 22.8 Å². The molecule has 0 aliphatic heterocycles. The van der Waals surface area contributed by atoms with E-state index in [-0.39, 0.29) is 24.5 Å². The molecule has 36 heavy (non-hydrogen) atoms. The number of hydrogen-bond donors (Lipinski definition) is 1. The number of nitrogens with zero attached hydrogens (tertiary/aromatic N) is 3. The number of rotatable bonds is 6. The summed E-state index contributed by atoms with van der Waals surface area (Å²) < 4.78 is 53.5. The van der Waals surface area contributed by atoms with Crippen LogP contribution in [-0.2, 0) is 28.8 Å². The number of benzene rings is 1. The largest absolute Gasteiger partial charge is 0.445 e. The first-order valence-corrected chi connectivity index (χ1v) is 11.2. The minimum Gasteiger partial charge on any atom is -0.445 e. The van der Waals surface area contributed by atoms with E-state index in [1.165, 1.54) is 18.3 Å². The van der Waals surface area contributed by atoms with Gasteiger partial charge >= 0.3 is 18.4 Å². The van der Waals surface area contributed by atoms with Gasteiger partial charge in [0, 0.05) is 6.20 Å². The summed E-state index contributed by atoms with van der Waals surface area (Å²) in [6.45, 7) is 8.21. The van der Waals surface area contributed by atoms with Gasteiger partial charge in [-0.05, 0) is 58.4 Å². The van der Waals surface area contributed by atoms with Crippen molar-refractivity contribution in [3.8, 4) is 11.4 Å². The molecule has 2 aromatic heterocycles. The highest BCUT2D eigenvalue weighted by Gasteiger charge is 2.37. The molecule has 3 aromatic rings. The van der Waals surface area contributed by atoms with E-state index >= 15 is 0 Å². The van der Waals surface area contributed by atoms with Gasteiger partial charge in [0.1, 0.15) is 12.2 Å². The molecule has 1 N–H and O–H groups in total. The third-order valence-electron chi connectivity index (χ3n) is 4.87. The standard InChI is InChI=1S/C25H29F3N4O4/c1-23(2,3)36-22(34)31-13-9-12-18(31)19-14-20(25(26,27)28)30-32(19)16-24(4,5)29-21(33)35-15-17-10-7-6-8-11-17/h6-14H,15-16H2,1-5H3,(H,29,33). The average Bonchev–Trinajstić information content (AvgIpc) is 3.38. The van der Waals surface area contributed by atoms with Crippen molar-refractivity contribution in [1.29, 1.82) is 0 Å². The molecule has 0 bridgehead atoms. The number of ether oxygens (including phenoxy) is 2. The van der Waals surface area contributed by atoms with Gasteiger partial charge in [0.2, 0.25) is 0 Å². The number of aromatic nitrogens is 3. The van der Waals surface area contributed by atoms with Crippen LogP contribution in [0.1, 0.15) is 45.9 Å². The number of nitrogens with one attached hydrogen (secondary N) is 1. The predicted octanol–water partition coefficient (Wildman–Crippen LogP) is 5.86. The second kappa shape index (κ2) is 10.1. The van der Waals surface area contributed by atoms with Crippen LogP contribution in [0, 0.1) is 0 Å². The molecule has 0 aliphatic rings. The van der Waals surface area contributed by atoms with Crippen molar-refractivity contribution in [3.05, 3.63) is 66.0 Å². The molecule has 194 valence electrons. The SMILES string of the molecule is CC(C)(Cn1nc(C(F)(F)F)cc1-c1cccn1C(=O)OC(C)(C)C)NC(=O)OCc1ccccc1. The van der Waals surface area contributed by atoms with E-state index in [2.05, 4.69) is 10.4 Å². The maximum atomic E-state index is 13.5. The lowest BCUT2D eigenvalue weighted by molar-refractivity contribution is -0.141. The van der Waals surface area contributed by atoms with Crippen molar-refractivity contribution in [2.75, 3.05) is 0 Å². The van der Waals surface area contributed by atoms with Gasteiger partial charge in [-0.2, -0.15) is 18.3 Å². The minimum absolute atomic E-state index is 0.0331. The van der Waals surface area contributed by atoms with Gasteiger partial charge in [-0.3, -0.25) is 9.25 Å². The molecule has 1 amide bonds. The normalized spacial score (nSPS) is 12.3. The Morgan fingerprint density at radius 1 is 0.972 bits per heavy atom. The quantitative estimate of drug-likeness (QED) is 0.453. The van der Waals surface area contributed by atoms with E-state index in [9.17, 15) is 22.8 Å². The lowest BCUT2D eigenvalue weighted by atomic mass is 10.1. The molecule has 11 heteroatoms. The summed E-state index contributed by atoms with van der Waals surface area (Å²) in [4.78, 5) is 25.0. The van der Waals surface area contributed by atoms with Gasteiger partial charge in [-0.1, -0.05) is 30.3 Å². The molecule has 0 radical (unpaired) electrons. The molecule has 0 saturated carbocycles. The van der Waals surface area contributed by atoms with Crippen molar-refractivity contribution >= 4 is 12.2 Å². The summed E-state index contributed by atoms with van der Waals surface area (Å²) >= 11 is 0. The summed E-state index contributed by atoms with van der Waals surface area (Å²) in [6, 6.07) is 12.9. The van der Waals surface area contributed by atoms with Crippen LogP contribution in [-0.4, -0.2) is 37.7 Å². The Kier molecular flexibility index (Phi) is 7.51. The molecule has 3 rings (SSSR count). The fourth-order valence-corrected chi connectivity index (χ4v) is 3.39. The number of alkyl halides is 3. The highest BCUT2D eigenvalue weighted by Crippen LogP contribution is 2.33. The summed E-state index contributed by atoms with van der Waals surface area (Å²) in [7, 11) is 0. The van der Waals surface area contributed by atoms with Gasteiger partial charge in [0.15, 0.2) is 5.69 Å². The average molecular weight is 507 g/mol. The molecule has 0 spiro atoms. The Morgan fingerprint density at radius 3 is 2.25 bits per heavy atom. The van der Waals surface area contributed by atoms with E-state index in [1.54, 1.807) is 46.8 Å². The molecule has 1 aromatic carbocycles. The topological polar surface area (TPSA) is 87.4 Å². The first-order chi connectivity index (χ1) is 16.6. The molecule has 0 atom stereocenters. The zero-order chi connectivity index (χ0) is 26.7. The first kappa shape index (κ1) is 26.8. The number of alkyl carbamates (subject to hydrolysis) is 1. The number of amides is 1. The van der Waals surface area contributed by atoms with Crippen LogP contribution in [0.5, 0.6) is 0 Å². The number of carbonyl (C=O) groups excluding carboxylic acids is 2. The van der Waals surface area contributed by atoms with Crippen molar-refractivity contribution in [2.45, 2.75) is 65.1 Å². The smallest absolute Gasteiger partial charge is 0.435 e. The Morgan fingerprint density at radius 2 is 1.64 bits per heavy atom. The van der Waals surface area contributed by atoms with E-state index < -0.39 is 35.2 Å². The van der Waals surface area contributed by atoms with Crippen LogP contribution >= 0.6 is 0 Å². The number of halogens is 3. The summed E-state index contributed by atoms with van der Waals surface area (Å²) in [5, 5.41) is 6.39. The fourth-order valence-electron chi connectivity index (χ4n) is 3.39. The number of carbonyl (C=O) groups is 2. The highest BCUT2D eigenvalue weighted by atomic mass is 19.4. The van der Waals surface area contributed by atoms with E-state index in [0.29, 0.717) is 0 Å². The van der Waals surface area contributed by atoms with Crippen LogP contribution in [0.15, 0.2) is 54.7 Å². The van der Waals surface area contributed by atoms with Gasteiger partial charge in [0.25, 0.3) is 0 Å². The molecule has 0 unspecified atom stereocenters. The van der Waals surface area contributed by atoms with E-state index in [4.69, 9.17) is 9.47 Å². The molecule has 0 saturated heterocycles. The first-order valence-electron chi connectivity index (χ1n) is 11.2. The fraction of sp³-hybridized carbons (Fsp3) is 0.400. The summed E-state index contributed by atoms with van der Waals surface area (Å²) in [5.41, 5.74) is -2.00. The molecule has 0 fully saturated rings. The van der Waals surface area contributed by atoms with Gasteiger partial charge < -0.3 is 14.8 Å². The molecule has 8 nitrogen and oxygen atoms in total. The van der Waals surface area contributed by atoms with Crippen LogP contribution in [0.25, 0.3) is 11.4 Å². The maximum absolute atomic E-state index is 13.5. The zero-order valence-corrected chi connectivity index (χ0v) is 20.7. The Hall–Kier alpha value is -3.76. The van der Waals surface area contributed by atoms with Crippen molar-refractivity contribution < 1.29 is 32.2 Å². The maximum Gasteiger partial charge on any atom is 0.435 e. The van der Waals surface area contributed by atoms with Crippen LogP contribution in [0.2, 0.25) is 0 Å². The second-order valence-electron chi connectivity index (χ2n) is 9.88. The molecule has 0 aliphatic carbocycles. The Labute approximate surface area is 207 Å². The van der Waals surface area contributed by atoms with Crippen LogP contribution in [0.3, 0.4) is 0 Å². The lowest BCUT2D eigenvalue weighted by Crippen LogP contribution is -2.47. The zero-order valence-electron chi connectivity index (χ0n) is 20.7. The summed E-state index contributed by atoms with van der Waals surface area (Å²) in [6.07, 6.45) is -4.79. The Balaban J connectivity index is 1.85. The minimum atomic E-state index is -4.71. The predicted molar refractivity (Wildman–Crippen MR) is 126 cm³/mol. The van der Waals surface area contributed by atoms with E-state index in [1.807, 2.05) is 18.2 Å². The molecule has 2 heterocycles. The lowest BCUT2D eigenvalue weighted by Gasteiger charge is -2.27. The van der Waals surface area contributed by atoms with Gasteiger partial charge in [-0.15, -0.1) is 0 Å². The van der Waals surface area contributed by atoms with Crippen LogP contribution < -0.4 is 5.32 Å². The van der Waals surface area contributed by atoms with Crippen molar-refractivity contribution in [3.63, 3.8) is 0 Å². The highest BCUT2D eigenvalue weighted by molar-refractivity contribution is 5.78. The monoisotopic (exact) mass is 506 g/mol. The summed E-state index contributed by atoms with van der Waals surface area (Å²) in [5.74, 6) is 0. The second-order valence-corrected chi connectivity index (χ2v) is 9.88. The third kappa shape index (κ3) is 7.12. The van der Waals surface area contributed by atoms with Crippen molar-refractivity contribution in [2.24, 2.45) is 0 Å². The van der Waals surface area contributed by atoms with E-state index in [0.717, 1.165) is 20.9 Å². The van der Waals surface area contributed by atoms with Gasteiger partial charge in [0.05, 0.1) is 23.5 Å². The number of hydrogen-bond acceptors (Lipinski definition) is 5. The van der Waals surface area contributed by atoms with Crippen molar-refractivity contribution in [1.82, 2.24) is 19.7 Å². The van der Waals surface area contributed by atoms with Gasteiger partial charge in [-0.25, -0.2) is 9.59 Å². The Bertz CT molecular complexity index is 1210. The molecular weight excluding hydrogens is 477 g/mol. The third-order valence-corrected chi connectivity index (χ3v) is 4.87.